The summed E-state index contributed by atoms with van der Waals surface area (Å²) in [5, 5.41) is 21.5. The number of carbonyl (C=O) groups excluding carboxylic acids is 1. The summed E-state index contributed by atoms with van der Waals surface area (Å²) in [7, 11) is -2.80. The minimum Gasteiger partial charge on any atom is -0.490 e. The predicted octanol–water partition coefficient (Wildman–Crippen LogP) is 1.46. The Morgan fingerprint density at radius 2 is 2.24 bits per heavy atom. The van der Waals surface area contributed by atoms with E-state index in [2.05, 4.69) is 28.3 Å². The Kier molecular flexibility index (Phi) is 7.68. The number of nitriles is 1. The van der Waals surface area contributed by atoms with Crippen LogP contribution in [0.5, 0.6) is 5.75 Å². The van der Waals surface area contributed by atoms with Gasteiger partial charge in [-0.05, 0) is 18.2 Å². The molecule has 2 N–H and O–H groups in total. The van der Waals surface area contributed by atoms with E-state index in [4.69, 9.17) is 14.7 Å². The maximum atomic E-state index is 13.6. The number of nitrogens with one attached hydrogen (secondary N) is 1. The fraction of sp³-hybridized carbons (Fsp3) is 0.318. The molecule has 2 aromatic rings. The van der Waals surface area contributed by atoms with Crippen molar-refractivity contribution >= 4 is 28.3 Å². The van der Waals surface area contributed by atoms with E-state index in [-0.39, 0.29) is 46.5 Å². The van der Waals surface area contributed by atoms with Crippen molar-refractivity contribution in [3.63, 3.8) is 0 Å². The number of carbonyl (C=O) groups is 1. The first-order chi connectivity index (χ1) is 16.2. The summed E-state index contributed by atoms with van der Waals surface area (Å²) in [6.45, 7) is 3.92. The third-order valence-corrected chi connectivity index (χ3v) is 6.03. The van der Waals surface area contributed by atoms with E-state index in [9.17, 15) is 22.7 Å². The van der Waals surface area contributed by atoms with E-state index in [0.29, 0.717) is 13.2 Å². The van der Waals surface area contributed by atoms with Crippen LogP contribution in [0.2, 0.25) is 0 Å². The predicted molar refractivity (Wildman–Crippen MR) is 119 cm³/mol. The van der Waals surface area contributed by atoms with Gasteiger partial charge in [-0.25, -0.2) is 4.39 Å². The van der Waals surface area contributed by atoms with Crippen LogP contribution in [0, 0.1) is 34.9 Å². The third-order valence-electron chi connectivity index (χ3n) is 4.84. The molecule has 0 unspecified atom stereocenters. The van der Waals surface area contributed by atoms with Crippen molar-refractivity contribution in [1.29, 1.82) is 5.26 Å². The highest BCUT2D eigenvalue weighted by Gasteiger charge is 2.29. The quantitative estimate of drug-likeness (QED) is 0.423. The molecular weight excluding hydrogens is 467 g/mol. The molecule has 0 saturated carbocycles. The van der Waals surface area contributed by atoms with Crippen LogP contribution in [0.25, 0.3) is 0 Å². The van der Waals surface area contributed by atoms with Gasteiger partial charge in [0.05, 0.1) is 31.3 Å². The fourth-order valence-corrected chi connectivity index (χ4v) is 3.81. The van der Waals surface area contributed by atoms with Gasteiger partial charge in [-0.2, -0.15) is 18.1 Å². The molecule has 1 amide bonds. The van der Waals surface area contributed by atoms with Crippen LogP contribution in [-0.2, 0) is 21.8 Å². The first kappa shape index (κ1) is 24.9. The number of sulfonamides is 1. The largest absolute Gasteiger partial charge is 0.490 e. The molecule has 0 radical (unpaired) electrons. The number of amides is 1. The monoisotopic (exact) mass is 488 g/mol. The van der Waals surface area contributed by atoms with Gasteiger partial charge in [0.1, 0.15) is 22.9 Å². The second kappa shape index (κ2) is 10.5. The van der Waals surface area contributed by atoms with Gasteiger partial charge >= 0.3 is 0 Å². The Labute approximate surface area is 195 Å². The van der Waals surface area contributed by atoms with Crippen LogP contribution in [0.1, 0.15) is 22.5 Å². The summed E-state index contributed by atoms with van der Waals surface area (Å²) in [6, 6.07) is 5.08. The number of aliphatic hydroxyl groups excluding tert-OH is 1. The van der Waals surface area contributed by atoms with Gasteiger partial charge in [0, 0.05) is 32.1 Å². The molecule has 0 aliphatic carbocycles. The second-order valence-electron chi connectivity index (χ2n) is 7.32. The summed E-state index contributed by atoms with van der Waals surface area (Å²) in [5.74, 6) is 3.80. The Morgan fingerprint density at radius 1 is 1.50 bits per heavy atom. The van der Waals surface area contributed by atoms with Crippen molar-refractivity contribution in [2.24, 2.45) is 17.4 Å². The molecule has 0 bridgehead atoms. The molecule has 178 valence electrons. The normalized spacial score (nSPS) is 14.2. The van der Waals surface area contributed by atoms with Crippen LogP contribution in [0.3, 0.4) is 0 Å². The lowest BCUT2D eigenvalue weighted by Gasteiger charge is -2.20. The zero-order valence-corrected chi connectivity index (χ0v) is 18.9. The number of nitrogens with zero attached hydrogens (tertiary/aromatic N) is 3. The highest BCUT2D eigenvalue weighted by molar-refractivity contribution is 7.90. The number of aryl methyl sites for hydroxylation is 1. The lowest BCUT2D eigenvalue weighted by Crippen LogP contribution is -2.26. The molecule has 10 nitrogen and oxygen atoms in total. The van der Waals surface area contributed by atoms with E-state index in [1.54, 1.807) is 6.07 Å². The number of halogens is 1. The zero-order chi connectivity index (χ0) is 24.9. The Bertz CT molecular complexity index is 1320. The van der Waals surface area contributed by atoms with Crippen LogP contribution < -0.4 is 10.1 Å². The number of aliphatic hydroxyl groups is 1. The first-order valence-corrected chi connectivity index (χ1v) is 11.4. The summed E-state index contributed by atoms with van der Waals surface area (Å²) in [5.41, 5.74) is -0.326. The van der Waals surface area contributed by atoms with Gasteiger partial charge in [-0.3, -0.25) is 4.79 Å². The lowest BCUT2D eigenvalue weighted by molar-refractivity contribution is -0.00320. The molecule has 12 heteroatoms. The molecule has 0 spiro atoms. The number of anilines is 1. The number of hydrogen-bond donors (Lipinski definition) is 2. The number of aromatic nitrogens is 1. The first-order valence-electron chi connectivity index (χ1n) is 9.99. The number of hydrogen-bond acceptors (Lipinski definition) is 7. The SMILES string of the molecule is C=NS(=O)(=O)c1cn(C)c(C(=O)Nc2ccc(F)c(C#N)c2)c1OCC[C@H](O)C#CC1COC1. The minimum atomic E-state index is -4.23. The third kappa shape index (κ3) is 5.61. The fourth-order valence-electron chi connectivity index (χ4n) is 2.99. The van der Waals surface area contributed by atoms with Crippen molar-refractivity contribution in [3.05, 3.63) is 41.5 Å². The maximum Gasteiger partial charge on any atom is 0.286 e. The van der Waals surface area contributed by atoms with Crippen molar-refractivity contribution in [1.82, 2.24) is 4.57 Å². The Hall–Kier alpha value is -3.71. The molecule has 3 rings (SSSR count). The van der Waals surface area contributed by atoms with Gasteiger partial charge in [-0.1, -0.05) is 11.8 Å². The summed E-state index contributed by atoms with van der Waals surface area (Å²) in [4.78, 5) is 12.6. The van der Waals surface area contributed by atoms with Crippen molar-refractivity contribution in [2.45, 2.75) is 17.4 Å². The molecule has 34 heavy (non-hydrogen) atoms. The van der Waals surface area contributed by atoms with E-state index < -0.39 is 27.9 Å². The molecule has 2 heterocycles. The summed E-state index contributed by atoms with van der Waals surface area (Å²) in [6.07, 6.45) is 0.163. The van der Waals surface area contributed by atoms with Gasteiger partial charge in [0.25, 0.3) is 15.9 Å². The van der Waals surface area contributed by atoms with Crippen molar-refractivity contribution in [3.8, 4) is 23.7 Å². The Morgan fingerprint density at radius 3 is 2.85 bits per heavy atom. The molecule has 1 fully saturated rings. The van der Waals surface area contributed by atoms with Gasteiger partial charge in [-0.15, -0.1) is 0 Å². The summed E-state index contributed by atoms with van der Waals surface area (Å²) >= 11 is 0. The van der Waals surface area contributed by atoms with Gasteiger partial charge < -0.3 is 24.5 Å². The van der Waals surface area contributed by atoms with E-state index in [1.807, 2.05) is 0 Å². The van der Waals surface area contributed by atoms with E-state index in [0.717, 1.165) is 18.3 Å². The molecule has 1 atom stereocenters. The van der Waals surface area contributed by atoms with Crippen LogP contribution in [0.4, 0.5) is 10.1 Å². The average molecular weight is 488 g/mol. The topological polar surface area (TPSA) is 143 Å². The van der Waals surface area contributed by atoms with Crippen molar-refractivity contribution < 1.29 is 32.2 Å². The van der Waals surface area contributed by atoms with Gasteiger partial charge in [0.2, 0.25) is 0 Å². The van der Waals surface area contributed by atoms with Crippen molar-refractivity contribution in [2.75, 3.05) is 25.1 Å². The van der Waals surface area contributed by atoms with Crippen LogP contribution >= 0.6 is 0 Å². The smallest absolute Gasteiger partial charge is 0.286 e. The van der Waals surface area contributed by atoms with E-state index in [1.165, 1.54) is 17.7 Å². The number of rotatable bonds is 8. The highest BCUT2D eigenvalue weighted by Crippen LogP contribution is 2.32. The average Bonchev–Trinajstić information content (AvgIpc) is 3.11. The number of ether oxygens (including phenoxy) is 2. The standard InChI is InChI=1S/C22H21FN4O6S/c1-25-34(30,31)19-11-27(2)20(22(29)26-16-4-6-18(23)15(9-16)10-24)21(19)33-8-7-17(28)5-3-14-12-32-13-14/h4,6,9,11,14,17,28H,1,7-8,12-13H2,2H3,(H,26,29)/t17-/m1/s1. The lowest BCUT2D eigenvalue weighted by atomic mass is 10.1. The minimum absolute atomic E-state index is 0.0427. The molecule has 1 saturated heterocycles. The van der Waals surface area contributed by atoms with Crippen LogP contribution in [-0.4, -0.2) is 56.6 Å². The molecule has 1 aromatic carbocycles. The molecular formula is C22H21FN4O6S. The summed E-state index contributed by atoms with van der Waals surface area (Å²) < 4.78 is 53.3. The zero-order valence-electron chi connectivity index (χ0n) is 18.1. The second-order valence-corrected chi connectivity index (χ2v) is 8.97. The molecule has 1 aliphatic heterocycles. The maximum absolute atomic E-state index is 13.6. The highest BCUT2D eigenvalue weighted by atomic mass is 32.2. The van der Waals surface area contributed by atoms with E-state index >= 15 is 0 Å². The van der Waals surface area contributed by atoms with Gasteiger partial charge in [0.15, 0.2) is 11.4 Å². The molecule has 1 aromatic heterocycles. The Balaban J connectivity index is 1.84. The molecule has 1 aliphatic rings. The number of benzene rings is 1. The van der Waals surface area contributed by atoms with Crippen LogP contribution in [0.15, 0.2) is 33.7 Å².